The summed E-state index contributed by atoms with van der Waals surface area (Å²) in [6.45, 7) is -0.0934. The van der Waals surface area contributed by atoms with Gasteiger partial charge in [-0.05, 0) is 30.3 Å². The number of nitrogens with zero attached hydrogens (tertiary/aromatic N) is 2. The van der Waals surface area contributed by atoms with E-state index in [2.05, 4.69) is 5.32 Å². The summed E-state index contributed by atoms with van der Waals surface area (Å²) in [4.78, 5) is 26.8. The molecule has 1 saturated heterocycles. The SMILES string of the molecule is O=C(CN1CCN(c2ccc(F)c(F)c2)C1=O)Nc1cccc(C(F)(F)F)c1. The summed E-state index contributed by atoms with van der Waals surface area (Å²) in [5.74, 6) is -2.83. The van der Waals surface area contributed by atoms with Gasteiger partial charge in [-0.2, -0.15) is 13.2 Å². The molecule has 2 aromatic carbocycles. The van der Waals surface area contributed by atoms with Crippen LogP contribution in [0.4, 0.5) is 38.1 Å². The van der Waals surface area contributed by atoms with E-state index < -0.39 is 41.9 Å². The van der Waals surface area contributed by atoms with Crippen molar-refractivity contribution in [2.45, 2.75) is 6.18 Å². The highest BCUT2D eigenvalue weighted by atomic mass is 19.4. The smallest absolute Gasteiger partial charge is 0.325 e. The van der Waals surface area contributed by atoms with Gasteiger partial charge in [0.25, 0.3) is 0 Å². The molecular formula is C18H14F5N3O2. The van der Waals surface area contributed by atoms with E-state index in [1.165, 1.54) is 17.0 Å². The molecule has 0 radical (unpaired) electrons. The molecule has 0 spiro atoms. The van der Waals surface area contributed by atoms with Crippen LogP contribution in [0.1, 0.15) is 5.56 Å². The Morgan fingerprint density at radius 1 is 1.04 bits per heavy atom. The predicted octanol–water partition coefficient (Wildman–Crippen LogP) is 3.86. The van der Waals surface area contributed by atoms with Crippen LogP contribution in [0.5, 0.6) is 0 Å². The van der Waals surface area contributed by atoms with Crippen molar-refractivity contribution in [3.8, 4) is 0 Å². The van der Waals surface area contributed by atoms with Crippen LogP contribution < -0.4 is 10.2 Å². The van der Waals surface area contributed by atoms with Crippen LogP contribution in [0, 0.1) is 11.6 Å². The lowest BCUT2D eigenvalue weighted by Crippen LogP contribution is -2.37. The zero-order valence-electron chi connectivity index (χ0n) is 14.3. The number of carbonyl (C=O) groups excluding carboxylic acids is 2. The lowest BCUT2D eigenvalue weighted by molar-refractivity contribution is -0.137. The summed E-state index contributed by atoms with van der Waals surface area (Å²) in [5.41, 5.74) is -0.819. The lowest BCUT2D eigenvalue weighted by atomic mass is 10.2. The van der Waals surface area contributed by atoms with E-state index >= 15 is 0 Å². The molecular weight excluding hydrogens is 385 g/mol. The Morgan fingerprint density at radius 3 is 2.46 bits per heavy atom. The van der Waals surface area contributed by atoms with Gasteiger partial charge in [-0.25, -0.2) is 13.6 Å². The van der Waals surface area contributed by atoms with Crippen molar-refractivity contribution >= 4 is 23.3 Å². The Labute approximate surface area is 156 Å². The number of hydrogen-bond donors (Lipinski definition) is 1. The van der Waals surface area contributed by atoms with Crippen molar-refractivity contribution in [2.24, 2.45) is 0 Å². The molecule has 5 nitrogen and oxygen atoms in total. The zero-order chi connectivity index (χ0) is 20.5. The number of alkyl halides is 3. The Hall–Kier alpha value is -3.17. The molecule has 1 aliphatic heterocycles. The van der Waals surface area contributed by atoms with Gasteiger partial charge in [-0.1, -0.05) is 6.07 Å². The van der Waals surface area contributed by atoms with Gasteiger partial charge in [0.05, 0.1) is 5.56 Å². The molecule has 3 amide bonds. The molecule has 0 saturated carbocycles. The molecule has 1 N–H and O–H groups in total. The lowest BCUT2D eigenvalue weighted by Gasteiger charge is -2.18. The molecule has 28 heavy (non-hydrogen) atoms. The predicted molar refractivity (Wildman–Crippen MR) is 90.7 cm³/mol. The molecule has 1 heterocycles. The van der Waals surface area contributed by atoms with Crippen molar-refractivity contribution in [3.63, 3.8) is 0 Å². The minimum Gasteiger partial charge on any atom is -0.325 e. The van der Waals surface area contributed by atoms with Crippen molar-refractivity contribution in [1.82, 2.24) is 4.90 Å². The molecule has 0 aromatic heterocycles. The highest BCUT2D eigenvalue weighted by Crippen LogP contribution is 2.30. The molecule has 0 aliphatic carbocycles. The zero-order valence-corrected chi connectivity index (χ0v) is 14.3. The quantitative estimate of drug-likeness (QED) is 0.794. The summed E-state index contributed by atoms with van der Waals surface area (Å²) in [6, 6.07) is 6.53. The molecule has 0 bridgehead atoms. The van der Waals surface area contributed by atoms with Crippen LogP contribution in [0.3, 0.4) is 0 Å². The average molecular weight is 399 g/mol. The average Bonchev–Trinajstić information content (AvgIpc) is 2.97. The summed E-state index contributed by atoms with van der Waals surface area (Å²) in [5, 5.41) is 2.31. The first kappa shape index (κ1) is 19.6. The molecule has 0 unspecified atom stereocenters. The van der Waals surface area contributed by atoms with E-state index in [1.54, 1.807) is 0 Å². The molecule has 0 atom stereocenters. The summed E-state index contributed by atoms with van der Waals surface area (Å²) >= 11 is 0. The van der Waals surface area contributed by atoms with Gasteiger partial charge in [-0.15, -0.1) is 0 Å². The second-order valence-electron chi connectivity index (χ2n) is 6.08. The molecule has 10 heteroatoms. The largest absolute Gasteiger partial charge is 0.416 e. The third-order valence-electron chi connectivity index (χ3n) is 4.12. The van der Waals surface area contributed by atoms with Gasteiger partial charge in [-0.3, -0.25) is 9.69 Å². The Morgan fingerprint density at radius 2 is 1.79 bits per heavy atom. The Bertz CT molecular complexity index is 916. The van der Waals surface area contributed by atoms with Crippen molar-refractivity contribution in [2.75, 3.05) is 29.9 Å². The van der Waals surface area contributed by atoms with E-state index in [-0.39, 0.29) is 24.5 Å². The number of hydrogen-bond acceptors (Lipinski definition) is 2. The van der Waals surface area contributed by atoms with E-state index in [4.69, 9.17) is 0 Å². The van der Waals surface area contributed by atoms with Gasteiger partial charge >= 0.3 is 12.2 Å². The minimum atomic E-state index is -4.55. The molecule has 2 aromatic rings. The Kier molecular flexibility index (Phi) is 5.21. The second-order valence-corrected chi connectivity index (χ2v) is 6.08. The fraction of sp³-hybridized carbons (Fsp3) is 0.222. The van der Waals surface area contributed by atoms with E-state index in [0.29, 0.717) is 0 Å². The number of urea groups is 1. The number of nitrogens with one attached hydrogen (secondary N) is 1. The highest BCUT2D eigenvalue weighted by Gasteiger charge is 2.32. The standard InChI is InChI=1S/C18H14F5N3O2/c19-14-5-4-13(9-15(14)20)26-7-6-25(17(26)28)10-16(27)24-12-3-1-2-11(8-12)18(21,22)23/h1-5,8-9H,6-7,10H2,(H,24,27). The molecule has 1 aliphatic rings. The van der Waals surface area contributed by atoms with Crippen LogP contribution in [-0.2, 0) is 11.0 Å². The summed E-state index contributed by atoms with van der Waals surface area (Å²) in [7, 11) is 0. The second kappa shape index (κ2) is 7.45. The third kappa shape index (κ3) is 4.21. The highest BCUT2D eigenvalue weighted by molar-refractivity contribution is 5.99. The van der Waals surface area contributed by atoms with Crippen molar-refractivity contribution in [3.05, 3.63) is 59.7 Å². The third-order valence-corrected chi connectivity index (χ3v) is 4.12. The fourth-order valence-corrected chi connectivity index (χ4v) is 2.77. The van der Waals surface area contributed by atoms with E-state index in [9.17, 15) is 31.5 Å². The van der Waals surface area contributed by atoms with Gasteiger partial charge in [0, 0.05) is 30.5 Å². The topological polar surface area (TPSA) is 52.7 Å². The van der Waals surface area contributed by atoms with Crippen LogP contribution in [-0.4, -0.2) is 36.5 Å². The van der Waals surface area contributed by atoms with Gasteiger partial charge in [0.15, 0.2) is 11.6 Å². The minimum absolute atomic E-state index is 0.0519. The molecule has 1 fully saturated rings. The molecule has 3 rings (SSSR count). The number of amides is 3. The maximum Gasteiger partial charge on any atom is 0.416 e. The maximum atomic E-state index is 13.4. The van der Waals surface area contributed by atoms with Crippen LogP contribution >= 0.6 is 0 Å². The maximum absolute atomic E-state index is 13.4. The summed E-state index contributed by atoms with van der Waals surface area (Å²) < 4.78 is 64.5. The number of benzene rings is 2. The summed E-state index contributed by atoms with van der Waals surface area (Å²) in [6.07, 6.45) is -4.55. The van der Waals surface area contributed by atoms with Gasteiger partial charge < -0.3 is 10.2 Å². The number of rotatable bonds is 4. The van der Waals surface area contributed by atoms with Crippen molar-refractivity contribution < 1.29 is 31.5 Å². The number of halogens is 5. The van der Waals surface area contributed by atoms with Crippen molar-refractivity contribution in [1.29, 1.82) is 0 Å². The number of carbonyl (C=O) groups is 2. The van der Waals surface area contributed by atoms with E-state index in [1.807, 2.05) is 0 Å². The number of anilines is 2. The monoisotopic (exact) mass is 399 g/mol. The first-order chi connectivity index (χ1) is 13.1. The first-order valence-corrected chi connectivity index (χ1v) is 8.14. The van der Waals surface area contributed by atoms with Gasteiger partial charge in [0.1, 0.15) is 6.54 Å². The van der Waals surface area contributed by atoms with Crippen LogP contribution in [0.25, 0.3) is 0 Å². The van der Waals surface area contributed by atoms with Gasteiger partial charge in [0.2, 0.25) is 5.91 Å². The molecule has 148 valence electrons. The van der Waals surface area contributed by atoms with Crippen LogP contribution in [0.15, 0.2) is 42.5 Å². The fourth-order valence-electron chi connectivity index (χ4n) is 2.77. The van der Waals surface area contributed by atoms with E-state index in [0.717, 1.165) is 35.2 Å². The van der Waals surface area contributed by atoms with Crippen LogP contribution in [0.2, 0.25) is 0 Å². The first-order valence-electron chi connectivity index (χ1n) is 8.14. The normalized spacial score (nSPS) is 14.5. The Balaban J connectivity index is 1.64.